The number of hydrogen-bond acceptors (Lipinski definition) is 3. The van der Waals surface area contributed by atoms with E-state index in [4.69, 9.17) is 11.6 Å². The van der Waals surface area contributed by atoms with Crippen LogP contribution >= 0.6 is 49.2 Å². The molecule has 1 aromatic carbocycles. The van der Waals surface area contributed by atoms with Crippen LogP contribution in [-0.2, 0) is 0 Å². The zero-order valence-corrected chi connectivity index (χ0v) is 13.2. The number of fused-ring (bicyclic) bond motifs is 1. The minimum Gasteiger partial charge on any atom is -0.219 e. The summed E-state index contributed by atoms with van der Waals surface area (Å²) < 4.78 is 26.8. The van der Waals surface area contributed by atoms with Crippen molar-refractivity contribution in [2.24, 2.45) is 0 Å². The summed E-state index contributed by atoms with van der Waals surface area (Å²) in [6.45, 7) is 0. The van der Waals surface area contributed by atoms with Gasteiger partial charge in [0.1, 0.15) is 16.5 Å². The lowest BCUT2D eigenvalue weighted by atomic mass is 10.2. The minimum atomic E-state index is -0.754. The predicted molar refractivity (Wildman–Crippen MR) is 75.0 cm³/mol. The molecule has 1 heterocycles. The highest BCUT2D eigenvalue weighted by Crippen LogP contribution is 2.33. The van der Waals surface area contributed by atoms with Gasteiger partial charge in [-0.05, 0) is 22.2 Å². The lowest BCUT2D eigenvalue weighted by Gasteiger charge is -2.06. The van der Waals surface area contributed by atoms with Gasteiger partial charge < -0.3 is 0 Å². The fourth-order valence-electron chi connectivity index (χ4n) is 1.24. The largest absolute Gasteiger partial charge is 0.219 e. The van der Waals surface area contributed by atoms with Crippen molar-refractivity contribution in [3.63, 3.8) is 0 Å². The zero-order valence-electron chi connectivity index (χ0n) is 8.60. The lowest BCUT2D eigenvalue weighted by molar-refractivity contribution is 0.585. The van der Waals surface area contributed by atoms with Gasteiger partial charge >= 0.3 is 0 Å². The monoisotopic (exact) mass is 358 g/mol. The van der Waals surface area contributed by atoms with E-state index in [0.29, 0.717) is 5.16 Å². The predicted octanol–water partition coefficient (Wildman–Crippen LogP) is 4.10. The van der Waals surface area contributed by atoms with Crippen molar-refractivity contribution in [1.82, 2.24) is 9.97 Å². The molecule has 2 aromatic rings. The molecule has 0 saturated heterocycles. The standard InChI is InChI=1S/C9H4BrClF2N2S.H3P/c1-16-9-14-7-4(13)2-3(12)6(10)5(7)8(11)15-9;/h2H,1H3;1H3. The first-order valence-electron chi connectivity index (χ1n) is 4.09. The Morgan fingerprint density at radius 3 is 2.53 bits per heavy atom. The van der Waals surface area contributed by atoms with E-state index >= 15 is 0 Å². The topological polar surface area (TPSA) is 25.8 Å². The van der Waals surface area contributed by atoms with E-state index in [1.165, 1.54) is 11.8 Å². The van der Waals surface area contributed by atoms with Gasteiger partial charge in [0.2, 0.25) is 0 Å². The van der Waals surface area contributed by atoms with E-state index in [1.54, 1.807) is 6.26 Å². The minimum absolute atomic E-state index is 0. The third-order valence-corrected chi connectivity index (χ3v) is 3.53. The number of hydrogen-bond donors (Lipinski definition) is 0. The van der Waals surface area contributed by atoms with E-state index in [0.717, 1.165) is 6.07 Å². The Morgan fingerprint density at radius 2 is 1.94 bits per heavy atom. The van der Waals surface area contributed by atoms with Gasteiger partial charge in [-0.15, -0.1) is 0 Å². The van der Waals surface area contributed by atoms with Crippen molar-refractivity contribution >= 4 is 60.1 Å². The highest BCUT2D eigenvalue weighted by atomic mass is 79.9. The maximum Gasteiger partial charge on any atom is 0.189 e. The van der Waals surface area contributed by atoms with E-state index in [1.807, 2.05) is 0 Å². The van der Waals surface area contributed by atoms with Crippen LogP contribution in [0.2, 0.25) is 5.15 Å². The summed E-state index contributed by atoms with van der Waals surface area (Å²) >= 11 is 10.1. The Balaban J connectivity index is 0.00000144. The molecule has 0 spiro atoms. The Morgan fingerprint density at radius 1 is 1.29 bits per heavy atom. The molecule has 0 fully saturated rings. The third-order valence-electron chi connectivity index (χ3n) is 1.94. The van der Waals surface area contributed by atoms with Crippen LogP contribution in [0.5, 0.6) is 0 Å². The summed E-state index contributed by atoms with van der Waals surface area (Å²) in [5, 5.41) is 0.520. The van der Waals surface area contributed by atoms with Crippen molar-refractivity contribution in [3.8, 4) is 0 Å². The second-order valence-electron chi connectivity index (χ2n) is 2.88. The van der Waals surface area contributed by atoms with Gasteiger partial charge in [-0.25, -0.2) is 18.7 Å². The van der Waals surface area contributed by atoms with Crippen LogP contribution in [0.4, 0.5) is 8.78 Å². The second kappa shape index (κ2) is 5.74. The molecule has 0 aliphatic rings. The van der Waals surface area contributed by atoms with E-state index < -0.39 is 11.6 Å². The van der Waals surface area contributed by atoms with Crippen LogP contribution in [0.15, 0.2) is 15.7 Å². The van der Waals surface area contributed by atoms with E-state index in [-0.39, 0.29) is 30.4 Å². The Hall–Kier alpha value is -0.0300. The second-order valence-corrected chi connectivity index (χ2v) is 4.80. The van der Waals surface area contributed by atoms with Crippen LogP contribution in [0.3, 0.4) is 0 Å². The number of nitrogens with zero attached hydrogens (tertiary/aromatic N) is 2. The molecule has 0 bridgehead atoms. The first-order valence-corrected chi connectivity index (χ1v) is 6.49. The smallest absolute Gasteiger partial charge is 0.189 e. The van der Waals surface area contributed by atoms with Gasteiger partial charge in [-0.2, -0.15) is 9.90 Å². The van der Waals surface area contributed by atoms with Crippen LogP contribution in [-0.4, -0.2) is 16.2 Å². The fraction of sp³-hybridized carbons (Fsp3) is 0.111. The lowest BCUT2D eigenvalue weighted by Crippen LogP contribution is -1.95. The van der Waals surface area contributed by atoms with Gasteiger partial charge in [0.05, 0.1) is 9.86 Å². The van der Waals surface area contributed by atoms with Gasteiger partial charge in [0.25, 0.3) is 0 Å². The molecular weight excluding hydrogens is 353 g/mol. The highest BCUT2D eigenvalue weighted by Gasteiger charge is 2.16. The van der Waals surface area contributed by atoms with Crippen molar-refractivity contribution in [1.29, 1.82) is 0 Å². The molecule has 17 heavy (non-hydrogen) atoms. The summed E-state index contributed by atoms with van der Waals surface area (Å²) in [5.74, 6) is -1.48. The van der Waals surface area contributed by atoms with Gasteiger partial charge in [0, 0.05) is 6.07 Å². The maximum atomic E-state index is 13.5. The van der Waals surface area contributed by atoms with Gasteiger partial charge in [-0.1, -0.05) is 23.4 Å². The first-order chi connectivity index (χ1) is 7.54. The molecule has 0 aliphatic carbocycles. The summed E-state index contributed by atoms with van der Waals surface area (Å²) in [5.41, 5.74) is 0.0117. The van der Waals surface area contributed by atoms with Crippen molar-refractivity contribution in [2.45, 2.75) is 5.16 Å². The van der Waals surface area contributed by atoms with Crippen molar-refractivity contribution < 1.29 is 8.78 Å². The summed E-state index contributed by atoms with van der Waals surface area (Å²) in [7, 11) is 0. The van der Waals surface area contributed by atoms with Crippen molar-refractivity contribution in [3.05, 3.63) is 27.3 Å². The number of benzene rings is 1. The number of halogens is 4. The molecular formula is C9H7BrClF2N2PS. The van der Waals surface area contributed by atoms with Crippen LogP contribution in [0.25, 0.3) is 10.9 Å². The molecule has 1 unspecified atom stereocenters. The number of thioether (sulfide) groups is 1. The Bertz CT molecular complexity index is 585. The van der Waals surface area contributed by atoms with Crippen LogP contribution in [0, 0.1) is 11.6 Å². The quantitative estimate of drug-likeness (QED) is 0.252. The molecule has 8 heteroatoms. The average Bonchev–Trinajstić information content (AvgIpc) is 2.25. The summed E-state index contributed by atoms with van der Waals surface area (Å²) in [4.78, 5) is 7.87. The molecule has 0 saturated carbocycles. The molecule has 0 amide bonds. The maximum absolute atomic E-state index is 13.5. The SMILES string of the molecule is CSc1nc(Cl)c2c(Br)c(F)cc(F)c2n1.P. The zero-order chi connectivity index (χ0) is 11.9. The van der Waals surface area contributed by atoms with E-state index in [9.17, 15) is 8.78 Å². The average molecular weight is 360 g/mol. The molecule has 1 aromatic heterocycles. The molecule has 0 aliphatic heterocycles. The molecule has 1 atom stereocenters. The molecule has 2 rings (SSSR count). The van der Waals surface area contributed by atoms with Crippen LogP contribution < -0.4 is 0 Å². The van der Waals surface area contributed by atoms with Gasteiger partial charge in [-0.3, -0.25) is 0 Å². The third kappa shape index (κ3) is 2.70. The number of rotatable bonds is 1. The highest BCUT2D eigenvalue weighted by molar-refractivity contribution is 9.10. The summed E-state index contributed by atoms with van der Waals surface area (Å²) in [6.07, 6.45) is 1.74. The van der Waals surface area contributed by atoms with Crippen molar-refractivity contribution in [2.75, 3.05) is 6.26 Å². The fourth-order valence-corrected chi connectivity index (χ4v) is 2.52. The molecule has 0 radical (unpaired) electrons. The molecule has 2 nitrogen and oxygen atoms in total. The number of aromatic nitrogens is 2. The molecule has 0 N–H and O–H groups in total. The Kier molecular flexibility index (Phi) is 5.07. The normalized spacial score (nSPS) is 10.4. The van der Waals surface area contributed by atoms with Gasteiger partial charge in [0.15, 0.2) is 11.0 Å². The summed E-state index contributed by atoms with van der Waals surface area (Å²) in [6, 6.07) is 0.764. The molecule has 92 valence electrons. The van der Waals surface area contributed by atoms with E-state index in [2.05, 4.69) is 25.9 Å². The van der Waals surface area contributed by atoms with Crippen LogP contribution in [0.1, 0.15) is 0 Å². The first kappa shape index (κ1) is 15.0. The Labute approximate surface area is 117 Å².